The summed E-state index contributed by atoms with van der Waals surface area (Å²) in [7, 11) is 0. The topological polar surface area (TPSA) is 54.0 Å². The second kappa shape index (κ2) is 6.84. The zero-order valence-electron chi connectivity index (χ0n) is 10.2. The molecule has 0 aromatic carbocycles. The minimum Gasteiger partial charge on any atom is -0.368 e. The highest BCUT2D eigenvalue weighted by molar-refractivity contribution is 7.12. The van der Waals surface area contributed by atoms with E-state index in [9.17, 15) is 9.18 Å². The van der Waals surface area contributed by atoms with Crippen LogP contribution in [-0.4, -0.2) is 24.0 Å². The van der Waals surface area contributed by atoms with Crippen molar-refractivity contribution in [1.82, 2.24) is 10.3 Å². The summed E-state index contributed by atoms with van der Waals surface area (Å²) in [5, 5.41) is 7.55. The van der Waals surface area contributed by atoms with E-state index in [4.69, 9.17) is 0 Å². The van der Waals surface area contributed by atoms with E-state index in [1.807, 2.05) is 11.4 Å². The van der Waals surface area contributed by atoms with Crippen molar-refractivity contribution in [2.75, 3.05) is 18.4 Å². The largest absolute Gasteiger partial charge is 0.368 e. The normalized spacial score (nSPS) is 10.2. The maximum Gasteiger partial charge on any atom is 0.261 e. The fourth-order valence-electron chi connectivity index (χ4n) is 1.51. The number of nitrogens with one attached hydrogen (secondary N) is 2. The molecule has 0 aliphatic rings. The summed E-state index contributed by atoms with van der Waals surface area (Å²) < 4.78 is 13.2. The van der Waals surface area contributed by atoms with E-state index in [0.717, 1.165) is 0 Å². The highest BCUT2D eigenvalue weighted by Crippen LogP contribution is 2.08. The molecule has 2 aromatic heterocycles. The van der Waals surface area contributed by atoms with Gasteiger partial charge in [0.25, 0.3) is 5.91 Å². The molecule has 0 unspecified atom stereocenters. The average molecular weight is 279 g/mol. The molecule has 4 nitrogen and oxygen atoms in total. The summed E-state index contributed by atoms with van der Waals surface area (Å²) in [6.07, 6.45) is 2.23. The summed E-state index contributed by atoms with van der Waals surface area (Å²) in [4.78, 5) is 16.2. The van der Waals surface area contributed by atoms with Gasteiger partial charge in [0, 0.05) is 19.3 Å². The molecule has 6 heteroatoms. The van der Waals surface area contributed by atoms with E-state index in [2.05, 4.69) is 15.6 Å². The van der Waals surface area contributed by atoms with E-state index >= 15 is 0 Å². The predicted octanol–water partition coefficient (Wildman–Crippen LogP) is 2.51. The molecule has 0 aliphatic carbocycles. The van der Waals surface area contributed by atoms with Crippen molar-refractivity contribution in [2.45, 2.75) is 6.42 Å². The Morgan fingerprint density at radius 2 is 2.21 bits per heavy atom. The molecule has 2 aromatic rings. The number of halogens is 1. The second-order valence-corrected chi connectivity index (χ2v) is 4.80. The Kier molecular flexibility index (Phi) is 4.85. The highest BCUT2D eigenvalue weighted by Gasteiger charge is 2.05. The Balaban J connectivity index is 1.65. The first kappa shape index (κ1) is 13.5. The third-order valence-corrected chi connectivity index (χ3v) is 3.30. The smallest absolute Gasteiger partial charge is 0.261 e. The number of hydrogen-bond donors (Lipinski definition) is 2. The van der Waals surface area contributed by atoms with Crippen molar-refractivity contribution in [3.63, 3.8) is 0 Å². The first-order valence-corrected chi connectivity index (χ1v) is 6.81. The maximum atomic E-state index is 13.2. The number of carbonyl (C=O) groups is 1. The van der Waals surface area contributed by atoms with E-state index in [-0.39, 0.29) is 17.5 Å². The molecule has 0 radical (unpaired) electrons. The molecule has 0 atom stereocenters. The first-order chi connectivity index (χ1) is 9.27. The lowest BCUT2D eigenvalue weighted by Crippen LogP contribution is -2.25. The lowest BCUT2D eigenvalue weighted by Gasteiger charge is -2.06. The fourth-order valence-corrected chi connectivity index (χ4v) is 2.15. The van der Waals surface area contributed by atoms with Gasteiger partial charge in [-0.2, -0.15) is 0 Å². The van der Waals surface area contributed by atoms with Crippen molar-refractivity contribution in [2.24, 2.45) is 0 Å². The van der Waals surface area contributed by atoms with Crippen LogP contribution in [0.4, 0.5) is 10.2 Å². The van der Waals surface area contributed by atoms with E-state index < -0.39 is 0 Å². The monoisotopic (exact) mass is 279 g/mol. The van der Waals surface area contributed by atoms with Crippen LogP contribution in [0.5, 0.6) is 0 Å². The van der Waals surface area contributed by atoms with E-state index in [0.29, 0.717) is 24.4 Å². The molecule has 19 heavy (non-hydrogen) atoms. The van der Waals surface area contributed by atoms with Gasteiger partial charge in [-0.15, -0.1) is 11.3 Å². The predicted molar refractivity (Wildman–Crippen MR) is 74.0 cm³/mol. The van der Waals surface area contributed by atoms with Crippen LogP contribution in [0.3, 0.4) is 0 Å². The van der Waals surface area contributed by atoms with Gasteiger partial charge in [-0.1, -0.05) is 6.07 Å². The number of rotatable bonds is 6. The number of amides is 1. The molecular formula is C13H14FN3OS. The minimum absolute atomic E-state index is 0.0704. The van der Waals surface area contributed by atoms with Crippen molar-refractivity contribution in [3.8, 4) is 0 Å². The number of aromatic nitrogens is 1. The van der Waals surface area contributed by atoms with Crippen LogP contribution in [0.1, 0.15) is 16.1 Å². The second-order valence-electron chi connectivity index (χ2n) is 3.85. The standard InChI is InChI=1S/C13H14FN3OS/c14-10-4-1-6-15-12(10)16-7-3-8-17-13(18)11-5-2-9-19-11/h1-2,4-6,9H,3,7-8H2,(H,15,16)(H,17,18). The summed E-state index contributed by atoms with van der Waals surface area (Å²) in [5.74, 6) is -0.198. The SMILES string of the molecule is O=C(NCCCNc1ncccc1F)c1cccs1. The zero-order valence-corrected chi connectivity index (χ0v) is 11.0. The third kappa shape index (κ3) is 4.03. The van der Waals surface area contributed by atoms with Gasteiger partial charge >= 0.3 is 0 Å². The van der Waals surface area contributed by atoms with E-state index in [1.54, 1.807) is 12.1 Å². The first-order valence-electron chi connectivity index (χ1n) is 5.93. The molecule has 100 valence electrons. The van der Waals surface area contributed by atoms with Crippen LogP contribution in [-0.2, 0) is 0 Å². The Bertz CT molecular complexity index is 530. The number of anilines is 1. The summed E-state index contributed by atoms with van der Waals surface area (Å²) >= 11 is 1.41. The van der Waals surface area contributed by atoms with Gasteiger partial charge in [-0.3, -0.25) is 4.79 Å². The van der Waals surface area contributed by atoms with E-state index in [1.165, 1.54) is 23.6 Å². The van der Waals surface area contributed by atoms with Crippen LogP contribution in [0.25, 0.3) is 0 Å². The Hall–Kier alpha value is -1.95. The molecule has 2 N–H and O–H groups in total. The van der Waals surface area contributed by atoms with Crippen LogP contribution in [0.2, 0.25) is 0 Å². The third-order valence-electron chi connectivity index (χ3n) is 2.43. The van der Waals surface area contributed by atoms with Crippen molar-refractivity contribution >= 4 is 23.1 Å². The van der Waals surface area contributed by atoms with Crippen LogP contribution < -0.4 is 10.6 Å². The van der Waals surface area contributed by atoms with Crippen molar-refractivity contribution < 1.29 is 9.18 Å². The molecule has 0 bridgehead atoms. The lowest BCUT2D eigenvalue weighted by atomic mass is 10.3. The molecule has 0 fully saturated rings. The van der Waals surface area contributed by atoms with Gasteiger partial charge in [-0.05, 0) is 30.0 Å². The molecule has 2 heterocycles. The minimum atomic E-state index is -0.370. The van der Waals surface area contributed by atoms with Gasteiger partial charge in [0.2, 0.25) is 0 Å². The number of hydrogen-bond acceptors (Lipinski definition) is 4. The van der Waals surface area contributed by atoms with Crippen molar-refractivity contribution in [3.05, 3.63) is 46.5 Å². The lowest BCUT2D eigenvalue weighted by molar-refractivity contribution is 0.0957. The fraction of sp³-hybridized carbons (Fsp3) is 0.231. The van der Waals surface area contributed by atoms with Crippen LogP contribution in [0.15, 0.2) is 35.8 Å². The average Bonchev–Trinajstić information content (AvgIpc) is 2.94. The zero-order chi connectivity index (χ0) is 13.5. The number of thiophene rings is 1. The Morgan fingerprint density at radius 3 is 2.95 bits per heavy atom. The van der Waals surface area contributed by atoms with Crippen molar-refractivity contribution in [1.29, 1.82) is 0 Å². The number of carbonyl (C=O) groups excluding carboxylic acids is 1. The quantitative estimate of drug-likeness (QED) is 0.799. The molecule has 0 aliphatic heterocycles. The summed E-state index contributed by atoms with van der Waals surface area (Å²) in [5.41, 5.74) is 0. The molecule has 2 rings (SSSR count). The molecular weight excluding hydrogens is 265 g/mol. The maximum absolute atomic E-state index is 13.2. The molecule has 0 saturated heterocycles. The Labute approximate surface area is 114 Å². The Morgan fingerprint density at radius 1 is 1.32 bits per heavy atom. The summed E-state index contributed by atoms with van der Waals surface area (Å²) in [6, 6.07) is 6.52. The van der Waals surface area contributed by atoms with Gasteiger partial charge in [-0.25, -0.2) is 9.37 Å². The number of pyridine rings is 1. The summed E-state index contributed by atoms with van der Waals surface area (Å²) in [6.45, 7) is 1.09. The molecule has 1 amide bonds. The highest BCUT2D eigenvalue weighted by atomic mass is 32.1. The van der Waals surface area contributed by atoms with Gasteiger partial charge in [0.15, 0.2) is 11.6 Å². The van der Waals surface area contributed by atoms with Gasteiger partial charge in [0.1, 0.15) is 0 Å². The van der Waals surface area contributed by atoms with Gasteiger partial charge < -0.3 is 10.6 Å². The number of nitrogens with zero attached hydrogens (tertiary/aromatic N) is 1. The van der Waals surface area contributed by atoms with Gasteiger partial charge in [0.05, 0.1) is 4.88 Å². The van der Waals surface area contributed by atoms with Crippen LogP contribution >= 0.6 is 11.3 Å². The van der Waals surface area contributed by atoms with Crippen LogP contribution in [0, 0.1) is 5.82 Å². The molecule has 0 spiro atoms. The molecule has 0 saturated carbocycles.